The lowest BCUT2D eigenvalue weighted by Crippen LogP contribution is -2.43. The van der Waals surface area contributed by atoms with Crippen molar-refractivity contribution in [3.63, 3.8) is 0 Å². The number of nitrogens with one attached hydrogen (secondary N) is 2. The molecule has 138 valence electrons. The van der Waals surface area contributed by atoms with Crippen molar-refractivity contribution in [2.75, 3.05) is 6.61 Å². The fourth-order valence-electron chi connectivity index (χ4n) is 3.13. The second-order valence-corrected chi connectivity index (χ2v) is 7.07. The van der Waals surface area contributed by atoms with Crippen molar-refractivity contribution in [1.29, 1.82) is 0 Å². The van der Waals surface area contributed by atoms with E-state index in [1.165, 1.54) is 11.3 Å². The van der Waals surface area contributed by atoms with E-state index in [9.17, 15) is 14.4 Å². The number of thiophene rings is 1. The summed E-state index contributed by atoms with van der Waals surface area (Å²) in [4.78, 5) is 36.1. The topological polar surface area (TPSA) is 97.6 Å². The van der Waals surface area contributed by atoms with Crippen LogP contribution in [0.1, 0.15) is 27.2 Å². The molecule has 2 N–H and O–H groups in total. The maximum Gasteiger partial charge on any atom is 0.339 e. The summed E-state index contributed by atoms with van der Waals surface area (Å²) >= 11 is 1.27. The number of hydrogen-bond acceptors (Lipinski definition) is 6. The molecule has 7 nitrogen and oxygen atoms in total. The van der Waals surface area contributed by atoms with Crippen molar-refractivity contribution in [2.24, 2.45) is 0 Å². The van der Waals surface area contributed by atoms with Crippen LogP contribution in [0, 0.1) is 0 Å². The average molecular weight is 384 g/mol. The first-order valence-corrected chi connectivity index (χ1v) is 9.34. The standard InChI is InChI=1S/C19H16N2O5S/c22-17(20-21-18(23)16-5-2-8-27-16)10-25-11-6-7-13-12-3-1-4-14(12)19(24)26-15(13)9-11/h2,5-9H,1,3-4,10H2,(H,20,22)(H,21,23). The summed E-state index contributed by atoms with van der Waals surface area (Å²) < 4.78 is 10.8. The molecule has 0 saturated heterocycles. The van der Waals surface area contributed by atoms with E-state index in [0.717, 1.165) is 35.8 Å². The molecule has 1 aliphatic carbocycles. The summed E-state index contributed by atoms with van der Waals surface area (Å²) in [5.41, 5.74) is 6.56. The Morgan fingerprint density at radius 2 is 2.00 bits per heavy atom. The van der Waals surface area contributed by atoms with Gasteiger partial charge in [-0.05, 0) is 48.4 Å². The Morgan fingerprint density at radius 1 is 1.15 bits per heavy atom. The number of carbonyl (C=O) groups is 2. The number of aryl methyl sites for hydroxylation is 1. The van der Waals surface area contributed by atoms with Gasteiger partial charge in [0, 0.05) is 17.0 Å². The van der Waals surface area contributed by atoms with Gasteiger partial charge in [0.05, 0.1) is 4.88 Å². The largest absolute Gasteiger partial charge is 0.484 e. The van der Waals surface area contributed by atoms with E-state index in [2.05, 4.69) is 10.9 Å². The normalized spacial score (nSPS) is 12.6. The maximum absolute atomic E-state index is 12.0. The van der Waals surface area contributed by atoms with E-state index in [1.54, 1.807) is 29.6 Å². The Bertz CT molecular complexity index is 1070. The minimum Gasteiger partial charge on any atom is -0.484 e. The molecule has 0 unspecified atom stereocenters. The molecule has 4 rings (SSSR count). The molecule has 3 aromatic rings. The summed E-state index contributed by atoms with van der Waals surface area (Å²) in [6.07, 6.45) is 2.57. The van der Waals surface area contributed by atoms with Gasteiger partial charge in [0.1, 0.15) is 11.3 Å². The summed E-state index contributed by atoms with van der Waals surface area (Å²) in [6.45, 7) is -0.286. The number of hydrazine groups is 1. The molecule has 2 aromatic heterocycles. The van der Waals surface area contributed by atoms with Crippen molar-refractivity contribution < 1.29 is 18.7 Å². The minimum absolute atomic E-state index is 0.286. The lowest BCUT2D eigenvalue weighted by atomic mass is 10.1. The molecular formula is C19H16N2O5S. The van der Waals surface area contributed by atoms with Gasteiger partial charge in [-0.15, -0.1) is 11.3 Å². The first-order valence-electron chi connectivity index (χ1n) is 8.46. The van der Waals surface area contributed by atoms with Crippen LogP contribution in [0.15, 0.2) is 44.9 Å². The van der Waals surface area contributed by atoms with E-state index in [4.69, 9.17) is 9.15 Å². The van der Waals surface area contributed by atoms with Crippen molar-refractivity contribution in [3.05, 3.63) is 62.1 Å². The smallest absolute Gasteiger partial charge is 0.339 e. The van der Waals surface area contributed by atoms with Gasteiger partial charge < -0.3 is 9.15 Å². The molecule has 0 fully saturated rings. The molecule has 0 saturated carbocycles. The highest BCUT2D eigenvalue weighted by Gasteiger charge is 2.19. The van der Waals surface area contributed by atoms with Crippen molar-refractivity contribution >= 4 is 34.1 Å². The second-order valence-electron chi connectivity index (χ2n) is 6.13. The van der Waals surface area contributed by atoms with Gasteiger partial charge in [-0.2, -0.15) is 0 Å². The number of amides is 2. The molecule has 1 aromatic carbocycles. The quantitative estimate of drug-likeness (QED) is 0.531. The van der Waals surface area contributed by atoms with Crippen LogP contribution in [0.5, 0.6) is 5.75 Å². The van der Waals surface area contributed by atoms with Gasteiger partial charge in [-0.3, -0.25) is 20.4 Å². The second kappa shape index (κ2) is 7.24. The van der Waals surface area contributed by atoms with Crippen LogP contribution in [0.25, 0.3) is 11.0 Å². The lowest BCUT2D eigenvalue weighted by Gasteiger charge is -2.09. The molecule has 0 aliphatic heterocycles. The molecule has 2 heterocycles. The SMILES string of the molecule is O=C(COc1ccc2c3c(c(=O)oc2c1)CCC3)NNC(=O)c1cccs1. The first-order chi connectivity index (χ1) is 13.1. The Labute approximate surface area is 157 Å². The Hall–Kier alpha value is -3.13. The maximum atomic E-state index is 12.0. The zero-order chi connectivity index (χ0) is 18.8. The molecule has 0 spiro atoms. The zero-order valence-corrected chi connectivity index (χ0v) is 15.1. The molecule has 27 heavy (non-hydrogen) atoms. The molecule has 0 bridgehead atoms. The number of ether oxygens (including phenoxy) is 1. The monoisotopic (exact) mass is 384 g/mol. The number of fused-ring (bicyclic) bond motifs is 3. The van der Waals surface area contributed by atoms with Gasteiger partial charge in [0.2, 0.25) is 0 Å². The molecule has 0 atom stereocenters. The number of rotatable bonds is 4. The number of benzene rings is 1. The summed E-state index contributed by atoms with van der Waals surface area (Å²) in [5.74, 6) is -0.488. The molecule has 1 aliphatic rings. The fraction of sp³-hybridized carbons (Fsp3) is 0.211. The van der Waals surface area contributed by atoms with Crippen molar-refractivity contribution in [2.45, 2.75) is 19.3 Å². The van der Waals surface area contributed by atoms with Gasteiger partial charge >= 0.3 is 5.63 Å². The van der Waals surface area contributed by atoms with Crippen LogP contribution >= 0.6 is 11.3 Å². The summed E-state index contributed by atoms with van der Waals surface area (Å²) in [5, 5.41) is 2.68. The van der Waals surface area contributed by atoms with Crippen LogP contribution in [0.4, 0.5) is 0 Å². The number of carbonyl (C=O) groups excluding carboxylic acids is 2. The van der Waals surface area contributed by atoms with E-state index < -0.39 is 5.91 Å². The van der Waals surface area contributed by atoms with E-state index in [0.29, 0.717) is 16.2 Å². The van der Waals surface area contributed by atoms with Gasteiger partial charge in [-0.1, -0.05) is 6.07 Å². The van der Waals surface area contributed by atoms with Crippen LogP contribution < -0.4 is 21.2 Å². The summed E-state index contributed by atoms with van der Waals surface area (Å²) in [6, 6.07) is 8.58. The fourth-order valence-corrected chi connectivity index (χ4v) is 3.75. The molecule has 0 radical (unpaired) electrons. The minimum atomic E-state index is -0.504. The van der Waals surface area contributed by atoms with Crippen LogP contribution in [0.3, 0.4) is 0 Å². The molecule has 8 heteroatoms. The van der Waals surface area contributed by atoms with Gasteiger partial charge in [0.25, 0.3) is 11.8 Å². The third-order valence-electron chi connectivity index (χ3n) is 4.38. The average Bonchev–Trinajstić information content (AvgIpc) is 3.36. The van der Waals surface area contributed by atoms with Crippen LogP contribution in [-0.2, 0) is 17.6 Å². The van der Waals surface area contributed by atoms with Gasteiger partial charge in [0.15, 0.2) is 6.61 Å². The van der Waals surface area contributed by atoms with Crippen molar-refractivity contribution in [1.82, 2.24) is 10.9 Å². The lowest BCUT2D eigenvalue weighted by molar-refractivity contribution is -0.123. The van der Waals surface area contributed by atoms with Crippen LogP contribution in [0.2, 0.25) is 0 Å². The Kier molecular flexibility index (Phi) is 4.64. The third kappa shape index (κ3) is 3.56. The zero-order valence-electron chi connectivity index (χ0n) is 14.2. The van der Waals surface area contributed by atoms with E-state index in [-0.39, 0.29) is 18.1 Å². The molecule has 2 amide bonds. The Morgan fingerprint density at radius 3 is 2.81 bits per heavy atom. The first kappa shape index (κ1) is 17.3. The third-order valence-corrected chi connectivity index (χ3v) is 5.24. The highest BCUT2D eigenvalue weighted by molar-refractivity contribution is 7.12. The number of hydrogen-bond donors (Lipinski definition) is 2. The van der Waals surface area contributed by atoms with Crippen LogP contribution in [-0.4, -0.2) is 18.4 Å². The Balaban J connectivity index is 1.39. The van der Waals surface area contributed by atoms with E-state index >= 15 is 0 Å². The predicted octanol–water partition coefficient (Wildman–Crippen LogP) is 2.18. The predicted molar refractivity (Wildman–Crippen MR) is 99.9 cm³/mol. The van der Waals surface area contributed by atoms with Gasteiger partial charge in [-0.25, -0.2) is 4.79 Å². The van der Waals surface area contributed by atoms with Crippen molar-refractivity contribution in [3.8, 4) is 5.75 Å². The summed E-state index contributed by atoms with van der Waals surface area (Å²) in [7, 11) is 0. The van der Waals surface area contributed by atoms with E-state index in [1.807, 2.05) is 6.07 Å². The highest BCUT2D eigenvalue weighted by Crippen LogP contribution is 2.29. The highest BCUT2D eigenvalue weighted by atomic mass is 32.1. The molecular weight excluding hydrogens is 368 g/mol.